The number of fused-ring (bicyclic) bond motifs is 2. The number of hydrogen-bond acceptors (Lipinski definition) is 5. The van der Waals surface area contributed by atoms with Crippen LogP contribution in [0.15, 0.2) is 71.6 Å². The molecule has 0 aromatic heterocycles. The summed E-state index contributed by atoms with van der Waals surface area (Å²) < 4.78 is 39.5. The van der Waals surface area contributed by atoms with E-state index in [0.717, 1.165) is 0 Å². The molecule has 3 aromatic rings. The highest BCUT2D eigenvalue weighted by molar-refractivity contribution is 7.92. The first-order valence-electron chi connectivity index (χ1n) is 8.95. The third-order valence-electron chi connectivity index (χ3n) is 4.27. The Morgan fingerprint density at radius 1 is 1.00 bits per heavy atom. The molecule has 29 heavy (non-hydrogen) atoms. The normalized spacial score (nSPS) is 12.7. The number of anilines is 2. The Morgan fingerprint density at radius 2 is 1.76 bits per heavy atom. The van der Waals surface area contributed by atoms with Gasteiger partial charge in [-0.2, -0.15) is 0 Å². The van der Waals surface area contributed by atoms with Crippen molar-refractivity contribution >= 4 is 27.3 Å². The molecule has 1 heterocycles. The first kappa shape index (κ1) is 18.8. The van der Waals surface area contributed by atoms with E-state index in [-0.39, 0.29) is 27.8 Å². The van der Waals surface area contributed by atoms with E-state index < -0.39 is 10.0 Å². The highest BCUT2D eigenvalue weighted by atomic mass is 32.2. The summed E-state index contributed by atoms with van der Waals surface area (Å²) in [6.45, 7) is 2.11. The van der Waals surface area contributed by atoms with E-state index in [9.17, 15) is 13.2 Å². The van der Waals surface area contributed by atoms with Gasteiger partial charge in [0, 0.05) is 5.69 Å². The minimum Gasteiger partial charge on any atom is -0.492 e. The summed E-state index contributed by atoms with van der Waals surface area (Å²) in [5.74, 6) is 0.721. The zero-order chi connectivity index (χ0) is 20.4. The summed E-state index contributed by atoms with van der Waals surface area (Å²) in [6, 6.07) is 18.0. The highest BCUT2D eigenvalue weighted by Gasteiger charge is 2.23. The highest BCUT2D eigenvalue weighted by Crippen LogP contribution is 2.37. The molecule has 0 radical (unpaired) electrons. The van der Waals surface area contributed by atoms with Gasteiger partial charge in [-0.1, -0.05) is 24.3 Å². The van der Waals surface area contributed by atoms with Gasteiger partial charge in [0.15, 0.2) is 5.75 Å². The van der Waals surface area contributed by atoms with Crippen molar-refractivity contribution in [2.75, 3.05) is 16.6 Å². The molecular formula is C21H18N2O5S. The molecule has 4 rings (SSSR count). The van der Waals surface area contributed by atoms with Crippen molar-refractivity contribution in [2.45, 2.75) is 11.8 Å². The van der Waals surface area contributed by atoms with Crippen LogP contribution in [0.25, 0.3) is 0 Å². The number of carbonyl (C=O) groups is 1. The lowest BCUT2D eigenvalue weighted by molar-refractivity contribution is 0.102. The standard InChI is InChI=1S/C21H18N2O5S/c1-2-27-19-9-5-6-10-20(19)29(25,26)23-14-11-12-17-15(13-14)21(24)22-16-7-3-4-8-18(16)28-17/h3-13,23H,2H2,1H3,(H,22,24). The second-order valence-electron chi connectivity index (χ2n) is 6.25. The SMILES string of the molecule is CCOc1ccccc1S(=O)(=O)Nc1ccc2c(c1)C(=O)Nc1ccccc1O2. The maximum absolute atomic E-state index is 12.9. The summed E-state index contributed by atoms with van der Waals surface area (Å²) in [7, 11) is -3.92. The predicted octanol–water partition coefficient (Wildman–Crippen LogP) is 4.24. The predicted molar refractivity (Wildman–Crippen MR) is 109 cm³/mol. The fourth-order valence-corrected chi connectivity index (χ4v) is 4.18. The molecule has 0 saturated carbocycles. The van der Waals surface area contributed by atoms with Crippen LogP contribution >= 0.6 is 0 Å². The van der Waals surface area contributed by atoms with Crippen molar-refractivity contribution < 1.29 is 22.7 Å². The number of amides is 1. The van der Waals surface area contributed by atoms with Crippen molar-refractivity contribution in [3.63, 3.8) is 0 Å². The number of hydrogen-bond donors (Lipinski definition) is 2. The zero-order valence-electron chi connectivity index (χ0n) is 15.5. The van der Waals surface area contributed by atoms with E-state index in [2.05, 4.69) is 10.0 Å². The van der Waals surface area contributed by atoms with Crippen LogP contribution in [0, 0.1) is 0 Å². The van der Waals surface area contributed by atoms with Crippen molar-refractivity contribution in [3.05, 3.63) is 72.3 Å². The van der Waals surface area contributed by atoms with E-state index in [1.807, 2.05) is 0 Å². The average Bonchev–Trinajstić information content (AvgIpc) is 2.84. The molecule has 7 nitrogen and oxygen atoms in total. The Labute approximate surface area is 168 Å². The molecule has 0 unspecified atom stereocenters. The summed E-state index contributed by atoms with van der Waals surface area (Å²) in [5, 5.41) is 2.77. The van der Waals surface area contributed by atoms with Gasteiger partial charge in [0.1, 0.15) is 16.4 Å². The van der Waals surface area contributed by atoms with Gasteiger partial charge in [-0.25, -0.2) is 8.42 Å². The van der Waals surface area contributed by atoms with Crippen LogP contribution in [0.3, 0.4) is 0 Å². The van der Waals surface area contributed by atoms with Gasteiger partial charge >= 0.3 is 0 Å². The van der Waals surface area contributed by atoms with Crippen molar-refractivity contribution in [1.82, 2.24) is 0 Å². The monoisotopic (exact) mass is 410 g/mol. The van der Waals surface area contributed by atoms with Crippen LogP contribution in [0.1, 0.15) is 17.3 Å². The van der Waals surface area contributed by atoms with Gasteiger partial charge in [-0.05, 0) is 49.4 Å². The Balaban J connectivity index is 1.67. The van der Waals surface area contributed by atoms with Gasteiger partial charge < -0.3 is 14.8 Å². The summed E-state index contributed by atoms with van der Waals surface area (Å²) in [5.41, 5.74) is 1.00. The van der Waals surface area contributed by atoms with Gasteiger partial charge in [0.2, 0.25) is 0 Å². The average molecular weight is 410 g/mol. The molecule has 1 aliphatic heterocycles. The number of carbonyl (C=O) groups excluding carboxylic acids is 1. The molecule has 0 bridgehead atoms. The number of para-hydroxylation sites is 3. The molecule has 0 saturated heterocycles. The molecule has 2 N–H and O–H groups in total. The Bertz CT molecular complexity index is 1190. The molecular weight excluding hydrogens is 392 g/mol. The lowest BCUT2D eigenvalue weighted by atomic mass is 10.1. The number of benzene rings is 3. The zero-order valence-corrected chi connectivity index (χ0v) is 16.3. The Hall–Kier alpha value is -3.52. The fourth-order valence-electron chi connectivity index (χ4n) is 2.98. The molecule has 0 spiro atoms. The molecule has 1 aliphatic rings. The van der Waals surface area contributed by atoms with Crippen LogP contribution in [0.4, 0.5) is 11.4 Å². The molecule has 148 valence electrons. The molecule has 0 aliphatic carbocycles. The van der Waals surface area contributed by atoms with Gasteiger partial charge in [0.05, 0.1) is 17.9 Å². The van der Waals surface area contributed by atoms with Crippen molar-refractivity contribution in [1.29, 1.82) is 0 Å². The van der Waals surface area contributed by atoms with E-state index in [1.165, 1.54) is 12.1 Å². The van der Waals surface area contributed by atoms with E-state index in [1.54, 1.807) is 61.5 Å². The quantitative estimate of drug-likeness (QED) is 0.656. The van der Waals surface area contributed by atoms with Gasteiger partial charge in [-0.15, -0.1) is 0 Å². The van der Waals surface area contributed by atoms with E-state index >= 15 is 0 Å². The van der Waals surface area contributed by atoms with Crippen LogP contribution < -0.4 is 19.5 Å². The maximum Gasteiger partial charge on any atom is 0.265 e. The van der Waals surface area contributed by atoms with Crippen LogP contribution in [-0.4, -0.2) is 20.9 Å². The summed E-state index contributed by atoms with van der Waals surface area (Å²) in [6.07, 6.45) is 0. The van der Waals surface area contributed by atoms with Crippen molar-refractivity contribution in [2.24, 2.45) is 0 Å². The third kappa shape index (κ3) is 3.74. The first-order valence-corrected chi connectivity index (χ1v) is 10.4. The van der Waals surface area contributed by atoms with Crippen molar-refractivity contribution in [3.8, 4) is 17.2 Å². The van der Waals surface area contributed by atoms with E-state index in [4.69, 9.17) is 9.47 Å². The molecule has 0 atom stereocenters. The lowest BCUT2D eigenvalue weighted by Gasteiger charge is -2.13. The summed E-state index contributed by atoms with van der Waals surface area (Å²) >= 11 is 0. The van der Waals surface area contributed by atoms with Gasteiger partial charge in [-0.3, -0.25) is 9.52 Å². The molecule has 0 fully saturated rings. The Kier molecular flexibility index (Phi) is 4.85. The topological polar surface area (TPSA) is 93.7 Å². The lowest BCUT2D eigenvalue weighted by Crippen LogP contribution is -2.16. The minimum absolute atomic E-state index is 0.0184. The van der Waals surface area contributed by atoms with Crippen LogP contribution in [0.2, 0.25) is 0 Å². The van der Waals surface area contributed by atoms with E-state index in [0.29, 0.717) is 23.8 Å². The third-order valence-corrected chi connectivity index (χ3v) is 5.69. The Morgan fingerprint density at radius 3 is 2.59 bits per heavy atom. The molecule has 8 heteroatoms. The number of rotatable bonds is 5. The number of ether oxygens (including phenoxy) is 2. The molecule has 1 amide bonds. The second kappa shape index (κ2) is 7.48. The fraction of sp³-hybridized carbons (Fsp3) is 0.0952. The number of sulfonamides is 1. The largest absolute Gasteiger partial charge is 0.492 e. The smallest absolute Gasteiger partial charge is 0.265 e. The summed E-state index contributed by atoms with van der Waals surface area (Å²) in [4.78, 5) is 12.6. The second-order valence-corrected chi connectivity index (χ2v) is 7.90. The van der Waals surface area contributed by atoms with Crippen LogP contribution in [0.5, 0.6) is 17.2 Å². The number of nitrogens with one attached hydrogen (secondary N) is 2. The minimum atomic E-state index is -3.92. The van der Waals surface area contributed by atoms with Crippen LogP contribution in [-0.2, 0) is 10.0 Å². The van der Waals surface area contributed by atoms with Gasteiger partial charge in [0.25, 0.3) is 15.9 Å². The maximum atomic E-state index is 12.9. The molecule has 3 aromatic carbocycles. The first-order chi connectivity index (χ1) is 14.0.